The minimum absolute atomic E-state index is 0.139. The maximum atomic E-state index is 13.1. The fourth-order valence-electron chi connectivity index (χ4n) is 3.14. The number of hydrogen-bond donors (Lipinski definition) is 2. The molecule has 0 aliphatic carbocycles. The van der Waals surface area contributed by atoms with Crippen LogP contribution in [-0.4, -0.2) is 30.1 Å². The van der Waals surface area contributed by atoms with Crippen LogP contribution in [-0.2, 0) is 10.0 Å². The summed E-state index contributed by atoms with van der Waals surface area (Å²) in [5.74, 6) is -0.327. The quantitative estimate of drug-likeness (QED) is 0.418. The van der Waals surface area contributed by atoms with E-state index in [9.17, 15) is 13.2 Å². The van der Waals surface area contributed by atoms with E-state index in [0.717, 1.165) is 10.6 Å². The van der Waals surface area contributed by atoms with Crippen molar-refractivity contribution in [1.29, 1.82) is 0 Å². The van der Waals surface area contributed by atoms with Crippen LogP contribution in [0.5, 0.6) is 0 Å². The van der Waals surface area contributed by atoms with E-state index in [2.05, 4.69) is 15.1 Å². The molecule has 2 aromatic carbocycles. The molecule has 32 heavy (non-hydrogen) atoms. The van der Waals surface area contributed by atoms with Gasteiger partial charge in [-0.15, -0.1) is 11.3 Å². The van der Waals surface area contributed by atoms with Gasteiger partial charge in [-0.2, -0.15) is 5.10 Å². The van der Waals surface area contributed by atoms with Crippen molar-refractivity contribution in [2.45, 2.75) is 24.8 Å². The maximum absolute atomic E-state index is 13.1. The lowest BCUT2D eigenvalue weighted by Gasteiger charge is -2.10. The van der Waals surface area contributed by atoms with Gasteiger partial charge in [-0.25, -0.2) is 17.8 Å². The summed E-state index contributed by atoms with van der Waals surface area (Å²) < 4.78 is 28.8. The number of para-hydroxylation sites is 1. The van der Waals surface area contributed by atoms with Crippen molar-refractivity contribution < 1.29 is 13.2 Å². The Hall–Kier alpha value is -3.27. The number of amides is 1. The number of anilines is 1. The number of benzene rings is 2. The van der Waals surface area contributed by atoms with Crippen LogP contribution >= 0.6 is 11.3 Å². The van der Waals surface area contributed by atoms with Gasteiger partial charge in [0.1, 0.15) is 5.69 Å². The second-order valence-corrected chi connectivity index (χ2v) is 10.1. The summed E-state index contributed by atoms with van der Waals surface area (Å²) in [4.78, 5) is 14.1. The first-order chi connectivity index (χ1) is 15.3. The standard InChI is InChI=1S/C23H22N4O3S2/c1-16(2)26-32(29,30)19-12-10-17(11-13-19)24-23(28)20-15-27(18-7-4-3-5-8-18)25-22(20)21-9-6-14-31-21/h3-16,26H,1-2H3,(H,24,28). The summed E-state index contributed by atoms with van der Waals surface area (Å²) in [6, 6.07) is 19.2. The summed E-state index contributed by atoms with van der Waals surface area (Å²) in [6.07, 6.45) is 1.70. The molecule has 4 rings (SSSR count). The fourth-order valence-corrected chi connectivity index (χ4v) is 5.12. The lowest BCUT2D eigenvalue weighted by atomic mass is 10.2. The summed E-state index contributed by atoms with van der Waals surface area (Å²) in [5, 5.41) is 9.41. The molecule has 0 fully saturated rings. The minimum Gasteiger partial charge on any atom is -0.322 e. The van der Waals surface area contributed by atoms with Crippen LogP contribution in [0, 0.1) is 0 Å². The van der Waals surface area contributed by atoms with Crippen LogP contribution in [0.3, 0.4) is 0 Å². The van der Waals surface area contributed by atoms with E-state index in [4.69, 9.17) is 0 Å². The molecule has 0 radical (unpaired) electrons. The van der Waals surface area contributed by atoms with Crippen LogP contribution in [0.2, 0.25) is 0 Å². The molecule has 2 aromatic heterocycles. The van der Waals surface area contributed by atoms with Crippen LogP contribution < -0.4 is 10.0 Å². The molecule has 0 aliphatic rings. The van der Waals surface area contributed by atoms with Crippen LogP contribution in [0.1, 0.15) is 24.2 Å². The molecule has 0 unspecified atom stereocenters. The Bertz CT molecular complexity index is 1310. The van der Waals surface area contributed by atoms with Crippen molar-refractivity contribution in [2.24, 2.45) is 0 Å². The van der Waals surface area contributed by atoms with E-state index >= 15 is 0 Å². The first kappa shape index (κ1) is 21.9. The van der Waals surface area contributed by atoms with Crippen LogP contribution in [0.25, 0.3) is 16.3 Å². The Morgan fingerprint density at radius 3 is 2.34 bits per heavy atom. The summed E-state index contributed by atoms with van der Waals surface area (Å²) >= 11 is 1.50. The highest BCUT2D eigenvalue weighted by atomic mass is 32.2. The van der Waals surface area contributed by atoms with E-state index in [0.29, 0.717) is 16.9 Å². The molecule has 0 atom stereocenters. The zero-order valence-electron chi connectivity index (χ0n) is 17.5. The molecule has 9 heteroatoms. The van der Waals surface area contributed by atoms with Crippen LogP contribution in [0.15, 0.2) is 83.2 Å². The highest BCUT2D eigenvalue weighted by Crippen LogP contribution is 2.28. The molecule has 0 spiro atoms. The van der Waals surface area contributed by atoms with Crippen molar-refractivity contribution in [3.63, 3.8) is 0 Å². The Morgan fingerprint density at radius 1 is 1.00 bits per heavy atom. The molecular formula is C23H22N4O3S2. The molecule has 164 valence electrons. The first-order valence-electron chi connectivity index (χ1n) is 9.96. The largest absolute Gasteiger partial charge is 0.322 e. The van der Waals surface area contributed by atoms with Crippen molar-refractivity contribution in [1.82, 2.24) is 14.5 Å². The van der Waals surface area contributed by atoms with Gasteiger partial charge >= 0.3 is 0 Å². The van der Waals surface area contributed by atoms with Gasteiger partial charge in [-0.1, -0.05) is 24.3 Å². The Morgan fingerprint density at radius 2 is 1.72 bits per heavy atom. The van der Waals surface area contributed by atoms with Gasteiger partial charge in [0, 0.05) is 17.9 Å². The average Bonchev–Trinajstić information content (AvgIpc) is 3.44. The average molecular weight is 467 g/mol. The number of aromatic nitrogens is 2. The molecule has 7 nitrogen and oxygen atoms in total. The van der Waals surface area contributed by atoms with Crippen molar-refractivity contribution in [3.8, 4) is 16.3 Å². The van der Waals surface area contributed by atoms with E-state index in [1.54, 1.807) is 36.9 Å². The van der Waals surface area contributed by atoms with Crippen molar-refractivity contribution in [2.75, 3.05) is 5.32 Å². The lowest BCUT2D eigenvalue weighted by Crippen LogP contribution is -2.30. The molecule has 4 aromatic rings. The van der Waals surface area contributed by atoms with Gasteiger partial charge in [0.05, 0.1) is 21.0 Å². The van der Waals surface area contributed by atoms with E-state index in [1.807, 2.05) is 47.8 Å². The predicted octanol–water partition coefficient (Wildman–Crippen LogP) is 4.54. The minimum atomic E-state index is -3.60. The third-order valence-corrected chi connectivity index (χ3v) is 7.10. The molecule has 2 N–H and O–H groups in total. The lowest BCUT2D eigenvalue weighted by molar-refractivity contribution is 0.102. The number of nitrogens with zero attached hydrogens (tertiary/aromatic N) is 2. The van der Waals surface area contributed by atoms with Gasteiger partial charge < -0.3 is 5.32 Å². The molecule has 1 amide bonds. The second kappa shape index (κ2) is 9.07. The zero-order valence-corrected chi connectivity index (χ0v) is 19.2. The SMILES string of the molecule is CC(C)NS(=O)(=O)c1ccc(NC(=O)c2cn(-c3ccccc3)nc2-c2cccs2)cc1. The number of sulfonamides is 1. The van der Waals surface area contributed by atoms with Crippen molar-refractivity contribution in [3.05, 3.63) is 83.9 Å². The van der Waals surface area contributed by atoms with Gasteiger partial charge in [-0.3, -0.25) is 4.79 Å². The smallest absolute Gasteiger partial charge is 0.259 e. The highest BCUT2D eigenvalue weighted by Gasteiger charge is 2.20. The van der Waals surface area contributed by atoms with E-state index in [1.165, 1.54) is 23.5 Å². The van der Waals surface area contributed by atoms with E-state index < -0.39 is 10.0 Å². The Kier molecular flexibility index (Phi) is 6.22. The molecule has 0 bridgehead atoms. The number of carbonyl (C=O) groups is 1. The Labute approximate surface area is 190 Å². The predicted molar refractivity (Wildman–Crippen MR) is 127 cm³/mol. The number of rotatable bonds is 7. The topological polar surface area (TPSA) is 93.1 Å². The van der Waals surface area contributed by atoms with Gasteiger partial charge in [0.25, 0.3) is 5.91 Å². The van der Waals surface area contributed by atoms with Crippen molar-refractivity contribution >= 4 is 33.0 Å². The van der Waals surface area contributed by atoms with Gasteiger partial charge in [0.2, 0.25) is 10.0 Å². The fraction of sp³-hybridized carbons (Fsp3) is 0.130. The molecule has 0 saturated carbocycles. The molecular weight excluding hydrogens is 444 g/mol. The van der Waals surface area contributed by atoms with E-state index in [-0.39, 0.29) is 16.8 Å². The van der Waals surface area contributed by atoms with Crippen LogP contribution in [0.4, 0.5) is 5.69 Å². The summed E-state index contributed by atoms with van der Waals surface area (Å²) in [5.41, 5.74) is 2.34. The number of nitrogens with one attached hydrogen (secondary N) is 2. The van der Waals surface area contributed by atoms with Gasteiger partial charge in [0.15, 0.2) is 0 Å². The first-order valence-corrected chi connectivity index (χ1v) is 12.3. The number of carbonyl (C=O) groups excluding carboxylic acids is 1. The molecule has 0 saturated heterocycles. The zero-order chi connectivity index (χ0) is 22.7. The Balaban J connectivity index is 1.61. The molecule has 0 aliphatic heterocycles. The third-order valence-electron chi connectivity index (χ3n) is 4.55. The number of hydrogen-bond acceptors (Lipinski definition) is 5. The number of thiophene rings is 1. The third kappa shape index (κ3) is 4.80. The highest BCUT2D eigenvalue weighted by molar-refractivity contribution is 7.89. The second-order valence-electron chi connectivity index (χ2n) is 7.40. The maximum Gasteiger partial charge on any atom is 0.259 e. The van der Waals surface area contributed by atoms with Gasteiger partial charge in [-0.05, 0) is 61.7 Å². The normalized spacial score (nSPS) is 11.6. The molecule has 2 heterocycles. The summed E-state index contributed by atoms with van der Waals surface area (Å²) in [7, 11) is -3.60. The monoisotopic (exact) mass is 466 g/mol. The summed E-state index contributed by atoms with van der Waals surface area (Å²) in [6.45, 7) is 3.51.